The van der Waals surface area contributed by atoms with Gasteiger partial charge in [0.15, 0.2) is 11.5 Å². The average molecular weight is 581 g/mol. The molecule has 1 aliphatic heterocycles. The molecule has 8 nitrogen and oxygen atoms in total. The van der Waals surface area contributed by atoms with E-state index in [-0.39, 0.29) is 23.5 Å². The van der Waals surface area contributed by atoms with Crippen LogP contribution in [0.2, 0.25) is 0 Å². The predicted molar refractivity (Wildman–Crippen MR) is 140 cm³/mol. The average Bonchev–Trinajstić information content (AvgIpc) is 3.32. The molecule has 0 saturated heterocycles. The summed E-state index contributed by atoms with van der Waals surface area (Å²) in [6.07, 6.45) is 0.672. The molecule has 4 rings (SSSR count). The van der Waals surface area contributed by atoms with Crippen molar-refractivity contribution in [3.8, 4) is 34.5 Å². The lowest BCUT2D eigenvalue weighted by Gasteiger charge is -2.23. The summed E-state index contributed by atoms with van der Waals surface area (Å²) in [6.45, 7) is 3.71. The Hall–Kier alpha value is -4.06. The van der Waals surface area contributed by atoms with E-state index in [1.165, 1.54) is 40.6 Å². The van der Waals surface area contributed by atoms with Gasteiger partial charge in [-0.3, -0.25) is 0 Å². The first-order valence-corrected chi connectivity index (χ1v) is 13.3. The third-order valence-electron chi connectivity index (χ3n) is 6.44. The number of halogens is 3. The molecule has 0 aromatic heterocycles. The van der Waals surface area contributed by atoms with E-state index in [2.05, 4.69) is 6.58 Å². The molecule has 3 aromatic rings. The SMILES string of the molecule is C=CCc1c(OS(=O)(=O)C(F)(F)F)c(OC)cc2c1[C@H](c1cc(OC)cc(OC)c1)[C@@H](c1ccc(OC)cc1)O2. The molecule has 0 radical (unpaired) electrons. The molecule has 0 N–H and O–H groups in total. The van der Waals surface area contributed by atoms with Crippen LogP contribution in [0, 0.1) is 0 Å². The minimum absolute atomic E-state index is 0.0570. The van der Waals surface area contributed by atoms with Gasteiger partial charge >= 0.3 is 15.6 Å². The number of ether oxygens (including phenoxy) is 5. The zero-order valence-corrected chi connectivity index (χ0v) is 22.9. The molecule has 0 amide bonds. The van der Waals surface area contributed by atoms with Gasteiger partial charge in [-0.05, 0) is 41.8 Å². The van der Waals surface area contributed by atoms with Crippen molar-refractivity contribution in [1.29, 1.82) is 0 Å². The van der Waals surface area contributed by atoms with Crippen molar-refractivity contribution in [2.45, 2.75) is 24.0 Å². The maximum atomic E-state index is 13.4. The van der Waals surface area contributed by atoms with Gasteiger partial charge in [0.2, 0.25) is 0 Å². The molecule has 0 saturated carbocycles. The first kappa shape index (κ1) is 28.9. The number of rotatable bonds is 10. The maximum absolute atomic E-state index is 13.4. The van der Waals surface area contributed by atoms with E-state index < -0.39 is 33.4 Å². The van der Waals surface area contributed by atoms with Crippen LogP contribution in [0.5, 0.6) is 34.5 Å². The summed E-state index contributed by atoms with van der Waals surface area (Å²) < 4.78 is 96.8. The standard InChI is InChI=1S/C28H27F3O8S/c1-6-7-21-25-22(15-23(37-5)27(21)39-40(32,33)28(29,30)31)38-26(16-8-10-18(34-2)11-9-16)24(25)17-12-19(35-3)14-20(13-17)36-4/h6,8-15,24,26H,1,7H2,2-5H3/t24-,26+/m0/s1. The molecule has 0 bridgehead atoms. The van der Waals surface area contributed by atoms with E-state index in [0.717, 1.165) is 5.56 Å². The van der Waals surface area contributed by atoms with Gasteiger partial charge in [-0.1, -0.05) is 18.2 Å². The molecule has 3 aromatic carbocycles. The third-order valence-corrected chi connectivity index (χ3v) is 7.39. The normalized spacial score (nSPS) is 16.5. The first-order chi connectivity index (χ1) is 19.0. The summed E-state index contributed by atoms with van der Waals surface area (Å²) in [4.78, 5) is 0. The van der Waals surface area contributed by atoms with Crippen molar-refractivity contribution in [3.05, 3.63) is 83.4 Å². The van der Waals surface area contributed by atoms with Gasteiger partial charge in [-0.15, -0.1) is 6.58 Å². The molecule has 40 heavy (non-hydrogen) atoms. The van der Waals surface area contributed by atoms with Crippen LogP contribution in [0.4, 0.5) is 13.2 Å². The Kier molecular flexibility index (Phi) is 8.10. The van der Waals surface area contributed by atoms with Gasteiger partial charge < -0.3 is 27.9 Å². The highest BCUT2D eigenvalue weighted by Gasteiger charge is 2.50. The van der Waals surface area contributed by atoms with Gasteiger partial charge in [0.05, 0.1) is 34.4 Å². The number of methoxy groups -OCH3 is 4. The second-order valence-corrected chi connectivity index (χ2v) is 10.2. The molecule has 0 aliphatic carbocycles. The van der Waals surface area contributed by atoms with Crippen molar-refractivity contribution in [2.24, 2.45) is 0 Å². The van der Waals surface area contributed by atoms with Crippen molar-refractivity contribution < 1.29 is 49.5 Å². The van der Waals surface area contributed by atoms with Crippen LogP contribution in [-0.2, 0) is 16.5 Å². The molecule has 2 atom stereocenters. The van der Waals surface area contributed by atoms with Crippen LogP contribution in [0.1, 0.15) is 34.3 Å². The van der Waals surface area contributed by atoms with E-state index in [9.17, 15) is 21.6 Å². The van der Waals surface area contributed by atoms with Gasteiger partial charge in [-0.2, -0.15) is 21.6 Å². The lowest BCUT2D eigenvalue weighted by Crippen LogP contribution is -2.28. The van der Waals surface area contributed by atoms with Crippen LogP contribution in [0.25, 0.3) is 0 Å². The van der Waals surface area contributed by atoms with Crippen LogP contribution >= 0.6 is 0 Å². The molecule has 0 unspecified atom stereocenters. The van der Waals surface area contributed by atoms with E-state index in [0.29, 0.717) is 28.4 Å². The largest absolute Gasteiger partial charge is 0.534 e. The summed E-state index contributed by atoms with van der Waals surface area (Å²) in [5, 5.41) is 0. The highest BCUT2D eigenvalue weighted by molar-refractivity contribution is 7.88. The van der Waals surface area contributed by atoms with Crippen molar-refractivity contribution in [3.63, 3.8) is 0 Å². The number of hydrogen-bond acceptors (Lipinski definition) is 8. The summed E-state index contributed by atoms with van der Waals surface area (Å²) in [5.41, 5.74) is -3.79. The van der Waals surface area contributed by atoms with Crippen LogP contribution in [0.3, 0.4) is 0 Å². The highest BCUT2D eigenvalue weighted by Crippen LogP contribution is 2.56. The van der Waals surface area contributed by atoms with Gasteiger partial charge in [-0.25, -0.2) is 0 Å². The lowest BCUT2D eigenvalue weighted by atomic mass is 9.82. The predicted octanol–water partition coefficient (Wildman–Crippen LogP) is 5.94. The summed E-state index contributed by atoms with van der Waals surface area (Å²) in [7, 11) is -0.333. The monoisotopic (exact) mass is 580 g/mol. The molecule has 214 valence electrons. The number of hydrogen-bond donors (Lipinski definition) is 0. The number of fused-ring (bicyclic) bond motifs is 1. The van der Waals surface area contributed by atoms with E-state index in [1.807, 2.05) is 0 Å². The summed E-state index contributed by atoms with van der Waals surface area (Å²) in [6, 6.07) is 13.6. The highest BCUT2D eigenvalue weighted by atomic mass is 32.2. The van der Waals surface area contributed by atoms with Crippen LogP contribution < -0.4 is 27.9 Å². The molecular formula is C28H27F3O8S. The van der Waals surface area contributed by atoms with Crippen LogP contribution in [0.15, 0.2) is 61.2 Å². The maximum Gasteiger partial charge on any atom is 0.534 e. The van der Waals surface area contributed by atoms with E-state index >= 15 is 0 Å². The van der Waals surface area contributed by atoms with E-state index in [1.54, 1.807) is 42.5 Å². The summed E-state index contributed by atoms with van der Waals surface area (Å²) in [5.74, 6) is 0.304. The lowest BCUT2D eigenvalue weighted by molar-refractivity contribution is -0.0500. The fourth-order valence-electron chi connectivity index (χ4n) is 4.63. The Morgan fingerprint density at radius 1 is 0.875 bits per heavy atom. The number of benzene rings is 3. The first-order valence-electron chi connectivity index (χ1n) is 11.9. The zero-order chi connectivity index (χ0) is 29.2. The van der Waals surface area contributed by atoms with E-state index in [4.69, 9.17) is 27.9 Å². The van der Waals surface area contributed by atoms with Gasteiger partial charge in [0.25, 0.3) is 0 Å². The molecule has 1 aliphatic rings. The Balaban J connectivity index is 2.02. The fraction of sp³-hybridized carbons (Fsp3) is 0.286. The van der Waals surface area contributed by atoms with Crippen LogP contribution in [-0.4, -0.2) is 42.4 Å². The molecule has 12 heteroatoms. The van der Waals surface area contributed by atoms with Crippen molar-refractivity contribution in [2.75, 3.05) is 28.4 Å². The van der Waals surface area contributed by atoms with Gasteiger partial charge in [0, 0.05) is 23.3 Å². The third kappa shape index (κ3) is 5.35. The second-order valence-electron chi connectivity index (χ2n) is 8.71. The van der Waals surface area contributed by atoms with Crippen molar-refractivity contribution >= 4 is 10.1 Å². The Labute approximate surface area is 230 Å². The second kappa shape index (κ2) is 11.2. The van der Waals surface area contributed by atoms with Crippen molar-refractivity contribution in [1.82, 2.24) is 0 Å². The Morgan fingerprint density at radius 2 is 1.48 bits per heavy atom. The zero-order valence-electron chi connectivity index (χ0n) is 22.1. The quantitative estimate of drug-likeness (QED) is 0.165. The minimum atomic E-state index is -6.03. The fourth-order valence-corrected chi connectivity index (χ4v) is 5.12. The Morgan fingerprint density at radius 3 is 1.98 bits per heavy atom. The topological polar surface area (TPSA) is 89.5 Å². The van der Waals surface area contributed by atoms with Gasteiger partial charge in [0.1, 0.15) is 29.1 Å². The summed E-state index contributed by atoms with van der Waals surface area (Å²) >= 11 is 0. The molecule has 0 fully saturated rings. The molecule has 1 heterocycles. The smallest absolute Gasteiger partial charge is 0.497 e. The Bertz CT molecular complexity index is 1480. The minimum Gasteiger partial charge on any atom is -0.497 e. The number of allylic oxidation sites excluding steroid dienone is 1. The molecular weight excluding hydrogens is 553 g/mol. The molecule has 0 spiro atoms. The number of alkyl halides is 3.